The molecule has 1 heterocycles. The van der Waals surface area contributed by atoms with E-state index in [9.17, 15) is 0 Å². The van der Waals surface area contributed by atoms with E-state index in [0.717, 1.165) is 16.3 Å². The van der Waals surface area contributed by atoms with E-state index >= 15 is 0 Å². The predicted octanol–water partition coefficient (Wildman–Crippen LogP) is 4.47. The minimum Gasteiger partial charge on any atom is -0.241 e. The molecule has 0 spiro atoms. The van der Waals surface area contributed by atoms with Gasteiger partial charge >= 0.3 is 0 Å². The molecule has 84 valence electrons. The van der Waals surface area contributed by atoms with E-state index in [1.165, 1.54) is 10.9 Å². The van der Waals surface area contributed by atoms with Crippen molar-refractivity contribution in [3.63, 3.8) is 0 Å². The molecule has 1 nitrogen and oxygen atoms in total. The topological polar surface area (TPSA) is 12.9 Å². The highest BCUT2D eigenvalue weighted by molar-refractivity contribution is 7.99. The summed E-state index contributed by atoms with van der Waals surface area (Å²) in [7, 11) is 0. The molecule has 16 heavy (non-hydrogen) atoms. The lowest BCUT2D eigenvalue weighted by Gasteiger charge is -2.07. The molecule has 0 saturated heterocycles. The summed E-state index contributed by atoms with van der Waals surface area (Å²) in [5, 5.41) is 2.36. The van der Waals surface area contributed by atoms with Crippen molar-refractivity contribution in [3.8, 4) is 0 Å². The van der Waals surface area contributed by atoms with E-state index in [1.54, 1.807) is 11.8 Å². The normalized spacial score (nSPS) is 11.2. The molecule has 0 aliphatic heterocycles. The maximum absolute atomic E-state index is 4.63. The van der Waals surface area contributed by atoms with Crippen LogP contribution in [0, 0.1) is 0 Å². The van der Waals surface area contributed by atoms with Crippen molar-refractivity contribution < 1.29 is 0 Å². The Kier molecular flexibility index (Phi) is 3.49. The Bertz CT molecular complexity index is 491. The Labute approximate surface area is 101 Å². The molecule has 2 rings (SSSR count). The van der Waals surface area contributed by atoms with E-state index in [4.69, 9.17) is 0 Å². The van der Waals surface area contributed by atoms with Gasteiger partial charge in [-0.05, 0) is 35.4 Å². The maximum Gasteiger partial charge on any atom is 0.0967 e. The molecule has 1 aromatic carbocycles. The Balaban J connectivity index is 2.44. The number of nitrogens with zero attached hydrogens (tertiary/aromatic N) is 1. The van der Waals surface area contributed by atoms with Crippen molar-refractivity contribution >= 4 is 22.7 Å². The van der Waals surface area contributed by atoms with E-state index in [1.807, 2.05) is 0 Å². The van der Waals surface area contributed by atoms with Crippen molar-refractivity contribution in [1.29, 1.82) is 0 Å². The summed E-state index contributed by atoms with van der Waals surface area (Å²) in [4.78, 5) is 4.63. The van der Waals surface area contributed by atoms with Crippen LogP contribution in [0.4, 0.5) is 0 Å². The first-order valence-electron chi connectivity index (χ1n) is 5.74. The minimum absolute atomic E-state index is 0.578. The van der Waals surface area contributed by atoms with Crippen LogP contribution in [0.1, 0.15) is 32.3 Å². The number of hydrogen-bond donors (Lipinski definition) is 0. The van der Waals surface area contributed by atoms with Gasteiger partial charge in [0.2, 0.25) is 0 Å². The third-order valence-electron chi connectivity index (χ3n) is 2.65. The number of pyridine rings is 1. The predicted molar refractivity (Wildman–Crippen MR) is 72.2 cm³/mol. The van der Waals surface area contributed by atoms with Gasteiger partial charge < -0.3 is 0 Å². The molecule has 0 N–H and O–H groups in total. The van der Waals surface area contributed by atoms with E-state index in [2.05, 4.69) is 56.1 Å². The molecule has 2 aromatic rings. The Morgan fingerprint density at radius 1 is 1.19 bits per heavy atom. The van der Waals surface area contributed by atoms with Gasteiger partial charge in [-0.25, -0.2) is 4.98 Å². The number of rotatable bonds is 3. The number of hydrogen-bond acceptors (Lipinski definition) is 2. The van der Waals surface area contributed by atoms with Gasteiger partial charge in [-0.2, -0.15) is 0 Å². The van der Waals surface area contributed by atoms with Crippen molar-refractivity contribution in [2.45, 2.75) is 31.7 Å². The quantitative estimate of drug-likeness (QED) is 0.723. The van der Waals surface area contributed by atoms with Crippen LogP contribution in [0.5, 0.6) is 0 Å². The second kappa shape index (κ2) is 4.88. The first-order valence-corrected chi connectivity index (χ1v) is 6.72. The van der Waals surface area contributed by atoms with Crippen LogP contribution in [0.25, 0.3) is 10.9 Å². The Morgan fingerprint density at radius 3 is 2.69 bits per heavy atom. The van der Waals surface area contributed by atoms with Gasteiger partial charge in [-0.3, -0.25) is 0 Å². The fraction of sp³-hybridized carbons (Fsp3) is 0.357. The second-order valence-electron chi connectivity index (χ2n) is 4.19. The summed E-state index contributed by atoms with van der Waals surface area (Å²) in [6.07, 6.45) is 0. The highest BCUT2D eigenvalue weighted by Crippen LogP contribution is 2.23. The van der Waals surface area contributed by atoms with Gasteiger partial charge in [-0.1, -0.05) is 32.9 Å². The summed E-state index contributed by atoms with van der Waals surface area (Å²) in [6.45, 7) is 6.59. The zero-order chi connectivity index (χ0) is 11.5. The van der Waals surface area contributed by atoms with Crippen LogP contribution >= 0.6 is 11.8 Å². The van der Waals surface area contributed by atoms with Crippen LogP contribution in [-0.2, 0) is 0 Å². The van der Waals surface area contributed by atoms with Gasteiger partial charge in [0.15, 0.2) is 0 Å². The zero-order valence-electron chi connectivity index (χ0n) is 10.0. The molecule has 0 unspecified atom stereocenters. The molecule has 0 aliphatic carbocycles. The zero-order valence-corrected chi connectivity index (χ0v) is 10.8. The Hall–Kier alpha value is -1.02. The fourth-order valence-electron chi connectivity index (χ4n) is 1.71. The molecule has 2 heteroatoms. The summed E-state index contributed by atoms with van der Waals surface area (Å²) in [5.41, 5.74) is 2.48. The Morgan fingerprint density at radius 2 is 2.00 bits per heavy atom. The first-order chi connectivity index (χ1) is 7.70. The lowest BCUT2D eigenvalue weighted by molar-refractivity contribution is 0.868. The number of aromatic nitrogens is 1. The summed E-state index contributed by atoms with van der Waals surface area (Å²) in [5.74, 6) is 1.65. The van der Waals surface area contributed by atoms with E-state index in [-0.39, 0.29) is 0 Å². The third-order valence-corrected chi connectivity index (χ3v) is 3.46. The standard InChI is InChI=1S/C14H17NS/c1-4-16-14-8-6-12-9-11(10(2)3)5-7-13(12)15-14/h5-10H,4H2,1-3H3. The third kappa shape index (κ3) is 2.38. The van der Waals surface area contributed by atoms with Gasteiger partial charge in [-0.15, -0.1) is 11.8 Å². The molecular formula is C14H17NS. The fourth-order valence-corrected chi connectivity index (χ4v) is 2.34. The minimum atomic E-state index is 0.578. The number of fused-ring (bicyclic) bond motifs is 1. The van der Waals surface area contributed by atoms with Gasteiger partial charge in [0, 0.05) is 5.39 Å². The summed E-state index contributed by atoms with van der Waals surface area (Å²) < 4.78 is 0. The highest BCUT2D eigenvalue weighted by Gasteiger charge is 2.02. The highest BCUT2D eigenvalue weighted by atomic mass is 32.2. The first kappa shape index (κ1) is 11.5. The van der Waals surface area contributed by atoms with Crippen molar-refractivity contribution in [1.82, 2.24) is 4.98 Å². The van der Waals surface area contributed by atoms with Crippen molar-refractivity contribution in [3.05, 3.63) is 35.9 Å². The monoisotopic (exact) mass is 231 g/mol. The molecule has 0 bridgehead atoms. The van der Waals surface area contributed by atoms with Gasteiger partial charge in [0.1, 0.15) is 0 Å². The largest absolute Gasteiger partial charge is 0.241 e. The van der Waals surface area contributed by atoms with Crippen molar-refractivity contribution in [2.24, 2.45) is 0 Å². The SMILES string of the molecule is CCSc1ccc2cc(C(C)C)ccc2n1. The average Bonchev–Trinajstić information content (AvgIpc) is 2.28. The molecule has 0 amide bonds. The van der Waals surface area contributed by atoms with Crippen LogP contribution in [0.2, 0.25) is 0 Å². The van der Waals surface area contributed by atoms with Gasteiger partial charge in [0.05, 0.1) is 10.5 Å². The number of benzene rings is 1. The smallest absolute Gasteiger partial charge is 0.0967 e. The number of thioether (sulfide) groups is 1. The molecular weight excluding hydrogens is 214 g/mol. The molecule has 0 aliphatic rings. The summed E-state index contributed by atoms with van der Waals surface area (Å²) in [6, 6.07) is 10.8. The molecule has 1 aromatic heterocycles. The average molecular weight is 231 g/mol. The molecule has 0 radical (unpaired) electrons. The van der Waals surface area contributed by atoms with Crippen LogP contribution in [0.3, 0.4) is 0 Å². The van der Waals surface area contributed by atoms with Crippen molar-refractivity contribution in [2.75, 3.05) is 5.75 Å². The van der Waals surface area contributed by atoms with E-state index < -0.39 is 0 Å². The van der Waals surface area contributed by atoms with Gasteiger partial charge in [0.25, 0.3) is 0 Å². The second-order valence-corrected chi connectivity index (χ2v) is 5.47. The van der Waals surface area contributed by atoms with Crippen LogP contribution < -0.4 is 0 Å². The molecule has 0 saturated carbocycles. The maximum atomic E-state index is 4.63. The lowest BCUT2D eigenvalue weighted by Crippen LogP contribution is -1.89. The molecule has 0 fully saturated rings. The van der Waals surface area contributed by atoms with Crippen LogP contribution in [-0.4, -0.2) is 10.7 Å². The summed E-state index contributed by atoms with van der Waals surface area (Å²) >= 11 is 1.79. The van der Waals surface area contributed by atoms with E-state index in [0.29, 0.717) is 5.92 Å². The molecule has 0 atom stereocenters. The van der Waals surface area contributed by atoms with Crippen LogP contribution in [0.15, 0.2) is 35.4 Å². The lowest BCUT2D eigenvalue weighted by atomic mass is 10.0.